The van der Waals surface area contributed by atoms with Crippen molar-refractivity contribution in [3.8, 4) is 10.7 Å². The van der Waals surface area contributed by atoms with E-state index in [0.717, 1.165) is 4.88 Å². The summed E-state index contributed by atoms with van der Waals surface area (Å²) < 4.78 is 0. The number of nitrogens with zero attached hydrogens (tertiary/aromatic N) is 5. The molecule has 1 N–H and O–H groups in total. The van der Waals surface area contributed by atoms with E-state index in [1.807, 2.05) is 38.3 Å². The van der Waals surface area contributed by atoms with E-state index in [9.17, 15) is 9.59 Å². The monoisotopic (exact) mass is 432 g/mol. The summed E-state index contributed by atoms with van der Waals surface area (Å²) in [6.07, 6.45) is 0. The van der Waals surface area contributed by atoms with E-state index in [-0.39, 0.29) is 24.9 Å². The Morgan fingerprint density at radius 2 is 1.93 bits per heavy atom. The molecule has 0 bridgehead atoms. The second kappa shape index (κ2) is 8.71. The summed E-state index contributed by atoms with van der Waals surface area (Å²) in [6, 6.07) is 10.5. The second-order valence-corrected chi connectivity index (χ2v) is 8.76. The average Bonchev–Trinajstić information content (AvgIpc) is 3.30. The van der Waals surface area contributed by atoms with Crippen LogP contribution in [0.3, 0.4) is 0 Å². The zero-order valence-electron chi connectivity index (χ0n) is 16.3. The highest BCUT2D eigenvalue weighted by Gasteiger charge is 2.23. The maximum atomic E-state index is 13.0. The van der Waals surface area contributed by atoms with Crippen LogP contribution < -0.4 is 10.2 Å². The third-order valence-electron chi connectivity index (χ3n) is 3.73. The van der Waals surface area contributed by atoms with Crippen LogP contribution in [0.2, 0.25) is 5.02 Å². The largest absolute Gasteiger partial charge is 0.350 e. The molecule has 0 spiro atoms. The van der Waals surface area contributed by atoms with Crippen LogP contribution in [0, 0.1) is 0 Å². The molecular weight excluding hydrogens is 412 g/mol. The van der Waals surface area contributed by atoms with Crippen LogP contribution in [0.5, 0.6) is 0 Å². The molecular formula is C19H21ClN6O2S. The third-order valence-corrected chi connectivity index (χ3v) is 4.84. The molecule has 0 unspecified atom stereocenters. The van der Waals surface area contributed by atoms with Crippen LogP contribution in [0.15, 0.2) is 41.8 Å². The zero-order valence-corrected chi connectivity index (χ0v) is 17.9. The molecule has 0 atom stereocenters. The van der Waals surface area contributed by atoms with Gasteiger partial charge < -0.3 is 10.2 Å². The molecule has 10 heteroatoms. The third kappa shape index (κ3) is 5.85. The number of thiophene rings is 1. The minimum atomic E-state index is -0.408. The lowest BCUT2D eigenvalue weighted by molar-refractivity contribution is -0.125. The summed E-state index contributed by atoms with van der Waals surface area (Å²) in [4.78, 5) is 28.9. The minimum Gasteiger partial charge on any atom is -0.350 e. The van der Waals surface area contributed by atoms with Crippen molar-refractivity contribution in [2.45, 2.75) is 32.9 Å². The van der Waals surface area contributed by atoms with Gasteiger partial charge in [-0.25, -0.2) is 0 Å². The fraction of sp³-hybridized carbons (Fsp3) is 0.316. The summed E-state index contributed by atoms with van der Waals surface area (Å²) >= 11 is 7.44. The minimum absolute atomic E-state index is 0.135. The number of rotatable bonds is 6. The summed E-state index contributed by atoms with van der Waals surface area (Å²) in [6.45, 7) is 5.36. The van der Waals surface area contributed by atoms with Crippen LogP contribution in [-0.4, -0.2) is 44.1 Å². The lowest BCUT2D eigenvalue weighted by Gasteiger charge is -2.26. The predicted molar refractivity (Wildman–Crippen MR) is 113 cm³/mol. The average molecular weight is 433 g/mol. The smallest absolute Gasteiger partial charge is 0.251 e. The number of carbonyl (C=O) groups is 2. The Morgan fingerprint density at radius 3 is 2.55 bits per heavy atom. The summed E-state index contributed by atoms with van der Waals surface area (Å²) in [5.74, 6) is -0.158. The van der Waals surface area contributed by atoms with E-state index in [0.29, 0.717) is 16.5 Å². The number of hydrogen-bond acceptors (Lipinski definition) is 6. The van der Waals surface area contributed by atoms with E-state index in [1.54, 1.807) is 24.3 Å². The number of nitrogens with one attached hydrogen (secondary N) is 1. The van der Waals surface area contributed by atoms with E-state index >= 15 is 0 Å². The van der Waals surface area contributed by atoms with E-state index in [2.05, 4.69) is 20.7 Å². The Kier molecular flexibility index (Phi) is 6.29. The predicted octanol–water partition coefficient (Wildman–Crippen LogP) is 3.00. The topological polar surface area (TPSA) is 93.0 Å². The maximum absolute atomic E-state index is 13.0. The Morgan fingerprint density at radius 1 is 1.21 bits per heavy atom. The summed E-state index contributed by atoms with van der Waals surface area (Å²) in [5, 5.41) is 17.5. The maximum Gasteiger partial charge on any atom is 0.251 e. The van der Waals surface area contributed by atoms with Gasteiger partial charge >= 0.3 is 0 Å². The first-order chi connectivity index (χ1) is 13.7. The van der Waals surface area contributed by atoms with Crippen molar-refractivity contribution in [3.63, 3.8) is 0 Å². The Labute approximate surface area is 177 Å². The molecule has 3 aromatic rings. The van der Waals surface area contributed by atoms with Gasteiger partial charge in [0.05, 0.1) is 4.88 Å². The number of hydrogen-bond donors (Lipinski definition) is 1. The van der Waals surface area contributed by atoms with Crippen molar-refractivity contribution in [1.29, 1.82) is 0 Å². The number of halogens is 1. The highest BCUT2D eigenvalue weighted by atomic mass is 35.5. The molecule has 0 aliphatic rings. The molecule has 0 aliphatic carbocycles. The van der Waals surface area contributed by atoms with Crippen molar-refractivity contribution < 1.29 is 9.59 Å². The van der Waals surface area contributed by atoms with Crippen molar-refractivity contribution in [3.05, 3.63) is 46.8 Å². The van der Waals surface area contributed by atoms with Crippen LogP contribution in [0.1, 0.15) is 20.8 Å². The van der Waals surface area contributed by atoms with Gasteiger partial charge in [-0.05, 0) is 61.7 Å². The summed E-state index contributed by atoms with van der Waals surface area (Å²) in [5.41, 5.74) is 0.150. The SMILES string of the molecule is CC(C)(C)NC(=O)CN(C(=O)Cn1nnc(-c2cccs2)n1)c1ccc(Cl)cc1. The molecule has 152 valence electrons. The molecule has 0 aliphatic heterocycles. The van der Waals surface area contributed by atoms with Gasteiger partial charge in [0.15, 0.2) is 0 Å². The number of tetrazole rings is 1. The van der Waals surface area contributed by atoms with Crippen molar-refractivity contribution in [2.75, 3.05) is 11.4 Å². The molecule has 2 amide bonds. The Bertz CT molecular complexity index is 979. The molecule has 0 saturated heterocycles. The first-order valence-corrected chi connectivity index (χ1v) is 10.2. The van der Waals surface area contributed by atoms with Crippen LogP contribution in [-0.2, 0) is 16.1 Å². The number of amides is 2. The van der Waals surface area contributed by atoms with Gasteiger partial charge in [-0.1, -0.05) is 17.7 Å². The van der Waals surface area contributed by atoms with E-state index < -0.39 is 5.54 Å². The molecule has 8 nitrogen and oxygen atoms in total. The van der Waals surface area contributed by atoms with Crippen molar-refractivity contribution >= 4 is 40.4 Å². The normalized spacial score (nSPS) is 11.3. The summed E-state index contributed by atoms with van der Waals surface area (Å²) in [7, 11) is 0. The van der Waals surface area contributed by atoms with Gasteiger partial charge in [-0.15, -0.1) is 21.5 Å². The number of anilines is 1. The fourth-order valence-electron chi connectivity index (χ4n) is 2.57. The van der Waals surface area contributed by atoms with Crippen LogP contribution in [0.4, 0.5) is 5.69 Å². The highest BCUT2D eigenvalue weighted by molar-refractivity contribution is 7.13. The fourth-order valence-corrected chi connectivity index (χ4v) is 3.34. The number of benzene rings is 1. The molecule has 3 rings (SSSR count). The van der Waals surface area contributed by atoms with Crippen molar-refractivity contribution in [2.24, 2.45) is 0 Å². The molecule has 29 heavy (non-hydrogen) atoms. The number of carbonyl (C=O) groups excluding carboxylic acids is 2. The lowest BCUT2D eigenvalue weighted by atomic mass is 10.1. The molecule has 1 aromatic carbocycles. The van der Waals surface area contributed by atoms with Gasteiger partial charge in [-0.3, -0.25) is 9.59 Å². The van der Waals surface area contributed by atoms with Gasteiger partial charge in [-0.2, -0.15) is 4.80 Å². The zero-order chi connectivity index (χ0) is 21.0. The van der Waals surface area contributed by atoms with Gasteiger partial charge in [0.1, 0.15) is 13.1 Å². The van der Waals surface area contributed by atoms with Crippen LogP contribution >= 0.6 is 22.9 Å². The Hall–Kier alpha value is -2.78. The number of aromatic nitrogens is 4. The van der Waals surface area contributed by atoms with Gasteiger partial charge in [0.2, 0.25) is 11.7 Å². The first kappa shape index (κ1) is 20.9. The van der Waals surface area contributed by atoms with E-state index in [4.69, 9.17) is 11.6 Å². The van der Waals surface area contributed by atoms with Crippen LogP contribution in [0.25, 0.3) is 10.7 Å². The Balaban J connectivity index is 1.78. The lowest BCUT2D eigenvalue weighted by Crippen LogP contribution is -2.48. The molecule has 0 radical (unpaired) electrons. The molecule has 0 saturated carbocycles. The van der Waals surface area contributed by atoms with Crippen molar-refractivity contribution in [1.82, 2.24) is 25.5 Å². The first-order valence-electron chi connectivity index (χ1n) is 8.90. The molecule has 2 aromatic heterocycles. The standard InChI is InChI=1S/C19H21ClN6O2S/c1-19(2,3)21-16(27)11-25(14-8-6-13(20)7-9-14)17(28)12-26-23-18(22-24-26)15-5-4-10-29-15/h4-10H,11-12H2,1-3H3,(H,21,27). The quantitative estimate of drug-likeness (QED) is 0.646. The van der Waals surface area contributed by atoms with Gasteiger partial charge in [0, 0.05) is 16.2 Å². The second-order valence-electron chi connectivity index (χ2n) is 7.38. The molecule has 0 fully saturated rings. The highest BCUT2D eigenvalue weighted by Crippen LogP contribution is 2.20. The van der Waals surface area contributed by atoms with E-state index in [1.165, 1.54) is 21.0 Å². The molecule has 2 heterocycles. The van der Waals surface area contributed by atoms with Gasteiger partial charge in [0.25, 0.3) is 5.91 Å².